The van der Waals surface area contributed by atoms with Crippen molar-refractivity contribution in [2.24, 2.45) is 5.14 Å². The first-order valence-electron chi connectivity index (χ1n) is 9.72. The van der Waals surface area contributed by atoms with Gasteiger partial charge in [-0.1, -0.05) is 12.1 Å². The van der Waals surface area contributed by atoms with Gasteiger partial charge >= 0.3 is 5.97 Å². The molecule has 0 saturated heterocycles. The van der Waals surface area contributed by atoms with Crippen LogP contribution in [0, 0.1) is 13.8 Å². The predicted molar refractivity (Wildman–Crippen MR) is 118 cm³/mol. The molecule has 0 atom stereocenters. The van der Waals surface area contributed by atoms with E-state index in [2.05, 4.69) is 0 Å². The number of hydrogen-bond donors (Lipinski definition) is 1. The van der Waals surface area contributed by atoms with Crippen LogP contribution in [0.5, 0.6) is 0 Å². The molecule has 0 aliphatic rings. The molecule has 2 N–H and O–H groups in total. The van der Waals surface area contributed by atoms with Gasteiger partial charge < -0.3 is 14.0 Å². The van der Waals surface area contributed by atoms with Crippen LogP contribution in [0.3, 0.4) is 0 Å². The topological polar surface area (TPSA) is 118 Å². The number of carbonyl (C=O) groups is 2. The molecule has 0 amide bonds. The van der Waals surface area contributed by atoms with Crippen molar-refractivity contribution >= 4 is 21.8 Å². The highest BCUT2D eigenvalue weighted by Gasteiger charge is 2.19. The SMILES string of the molecule is COCc1ccc(C(=O)OCC(=O)c2cc(C)n(-c3ccc(S(N)(=O)=O)cc3)c2C)cc1. The van der Waals surface area contributed by atoms with Crippen molar-refractivity contribution in [3.63, 3.8) is 0 Å². The molecule has 1 aromatic heterocycles. The largest absolute Gasteiger partial charge is 0.454 e. The summed E-state index contributed by atoms with van der Waals surface area (Å²) < 4.78 is 35.0. The number of methoxy groups -OCH3 is 1. The molecule has 0 radical (unpaired) electrons. The quantitative estimate of drug-likeness (QED) is 0.411. The first kappa shape index (κ1) is 23.4. The van der Waals surface area contributed by atoms with E-state index in [-0.39, 0.29) is 10.7 Å². The van der Waals surface area contributed by atoms with Crippen LogP contribution in [0.2, 0.25) is 0 Å². The van der Waals surface area contributed by atoms with Gasteiger partial charge in [0.15, 0.2) is 6.61 Å². The van der Waals surface area contributed by atoms with Crippen LogP contribution in [0.4, 0.5) is 0 Å². The minimum Gasteiger partial charge on any atom is -0.454 e. The van der Waals surface area contributed by atoms with E-state index < -0.39 is 22.6 Å². The average molecular weight is 457 g/mol. The van der Waals surface area contributed by atoms with Crippen LogP contribution in [0.1, 0.15) is 37.7 Å². The Hall–Kier alpha value is -3.27. The van der Waals surface area contributed by atoms with Crippen molar-refractivity contribution in [1.82, 2.24) is 4.57 Å². The lowest BCUT2D eigenvalue weighted by Gasteiger charge is -2.11. The molecule has 0 aliphatic carbocycles. The van der Waals surface area contributed by atoms with E-state index in [4.69, 9.17) is 14.6 Å². The lowest BCUT2D eigenvalue weighted by Crippen LogP contribution is -2.15. The molecular formula is C23H24N2O6S. The molecule has 0 unspecified atom stereocenters. The Morgan fingerprint density at radius 1 is 1.00 bits per heavy atom. The molecule has 0 bridgehead atoms. The standard InChI is InChI=1S/C23H24N2O6S/c1-15-12-21(16(2)25(15)19-8-10-20(11-9-19)32(24,28)29)22(26)14-31-23(27)18-6-4-17(5-7-18)13-30-3/h4-12H,13-14H2,1-3H3,(H2,24,28,29). The molecule has 2 aromatic carbocycles. The number of nitrogens with zero attached hydrogens (tertiary/aromatic N) is 1. The third-order valence-corrected chi connectivity index (χ3v) is 5.92. The molecule has 3 aromatic rings. The van der Waals surface area contributed by atoms with E-state index in [0.717, 1.165) is 11.3 Å². The minimum atomic E-state index is -3.79. The zero-order valence-electron chi connectivity index (χ0n) is 18.0. The van der Waals surface area contributed by atoms with Gasteiger partial charge in [0.25, 0.3) is 0 Å². The Balaban J connectivity index is 1.73. The lowest BCUT2D eigenvalue weighted by molar-refractivity contribution is 0.0474. The van der Waals surface area contributed by atoms with E-state index in [1.165, 1.54) is 12.1 Å². The van der Waals surface area contributed by atoms with Gasteiger partial charge in [-0.2, -0.15) is 0 Å². The van der Waals surface area contributed by atoms with E-state index in [1.807, 2.05) is 11.5 Å². The van der Waals surface area contributed by atoms with E-state index in [1.54, 1.807) is 56.5 Å². The summed E-state index contributed by atoms with van der Waals surface area (Å²) in [5, 5.41) is 5.14. The summed E-state index contributed by atoms with van der Waals surface area (Å²) in [6, 6.07) is 14.5. The number of aryl methyl sites for hydroxylation is 1. The van der Waals surface area contributed by atoms with E-state index in [9.17, 15) is 18.0 Å². The number of hydrogen-bond acceptors (Lipinski definition) is 6. The van der Waals surface area contributed by atoms with Gasteiger partial charge in [0, 0.05) is 29.7 Å². The third-order valence-electron chi connectivity index (χ3n) is 4.99. The second kappa shape index (κ2) is 9.47. The van der Waals surface area contributed by atoms with Crippen molar-refractivity contribution < 1.29 is 27.5 Å². The molecule has 32 heavy (non-hydrogen) atoms. The third kappa shape index (κ3) is 5.13. The molecule has 0 aliphatic heterocycles. The predicted octanol–water partition coefficient (Wildman–Crippen LogP) is 2.93. The number of nitrogens with two attached hydrogens (primary N) is 1. The Morgan fingerprint density at radius 2 is 1.62 bits per heavy atom. The number of rotatable bonds is 8. The van der Waals surface area contributed by atoms with Gasteiger partial charge in [-0.05, 0) is 61.9 Å². The number of esters is 1. The average Bonchev–Trinajstić information content (AvgIpc) is 3.06. The summed E-state index contributed by atoms with van der Waals surface area (Å²) in [6.45, 7) is 3.64. The van der Waals surface area contributed by atoms with Gasteiger partial charge in [-0.3, -0.25) is 4.79 Å². The second-order valence-corrected chi connectivity index (χ2v) is 8.85. The number of sulfonamides is 1. The normalized spacial score (nSPS) is 11.4. The smallest absolute Gasteiger partial charge is 0.338 e. The number of Topliss-reactive ketones (excluding diaryl/α,β-unsaturated/α-hetero) is 1. The lowest BCUT2D eigenvalue weighted by atomic mass is 10.1. The van der Waals surface area contributed by atoms with Crippen molar-refractivity contribution in [3.05, 3.63) is 82.7 Å². The highest BCUT2D eigenvalue weighted by Crippen LogP contribution is 2.22. The maximum Gasteiger partial charge on any atom is 0.338 e. The summed E-state index contributed by atoms with van der Waals surface area (Å²) in [4.78, 5) is 25.0. The molecule has 9 heteroatoms. The Kier molecular flexibility index (Phi) is 6.93. The minimum absolute atomic E-state index is 0.00202. The maximum atomic E-state index is 12.7. The first-order chi connectivity index (χ1) is 15.1. The van der Waals surface area contributed by atoms with Crippen molar-refractivity contribution in [3.8, 4) is 5.69 Å². The fourth-order valence-corrected chi connectivity index (χ4v) is 3.94. The molecule has 3 rings (SSSR count). The fourth-order valence-electron chi connectivity index (χ4n) is 3.42. The van der Waals surface area contributed by atoms with Gasteiger partial charge in [0.1, 0.15) is 0 Å². The van der Waals surface area contributed by atoms with Crippen LogP contribution in [0.25, 0.3) is 5.69 Å². The molecule has 0 fully saturated rings. The van der Waals surface area contributed by atoms with Crippen LogP contribution in [-0.4, -0.2) is 38.5 Å². The summed E-state index contributed by atoms with van der Waals surface area (Å²) in [5.74, 6) is -0.926. The first-order valence-corrected chi connectivity index (χ1v) is 11.3. The van der Waals surface area contributed by atoms with Gasteiger partial charge in [0.05, 0.1) is 17.1 Å². The highest BCUT2D eigenvalue weighted by molar-refractivity contribution is 7.89. The Labute approximate surface area is 186 Å². The van der Waals surface area contributed by atoms with Crippen LogP contribution in [0.15, 0.2) is 59.5 Å². The molecule has 0 saturated carbocycles. The Bertz CT molecular complexity index is 1240. The van der Waals surface area contributed by atoms with Gasteiger partial charge in [-0.15, -0.1) is 0 Å². The molecule has 8 nitrogen and oxygen atoms in total. The molecule has 1 heterocycles. The zero-order valence-corrected chi connectivity index (χ0v) is 18.8. The molecule has 0 spiro atoms. The summed E-state index contributed by atoms with van der Waals surface area (Å²) >= 11 is 0. The van der Waals surface area contributed by atoms with Crippen molar-refractivity contribution in [2.45, 2.75) is 25.3 Å². The van der Waals surface area contributed by atoms with Crippen molar-refractivity contribution in [1.29, 1.82) is 0 Å². The number of ether oxygens (including phenoxy) is 2. The van der Waals surface area contributed by atoms with Gasteiger partial charge in [-0.25, -0.2) is 18.4 Å². The van der Waals surface area contributed by atoms with Gasteiger partial charge in [0.2, 0.25) is 15.8 Å². The number of ketones is 1. The van der Waals surface area contributed by atoms with Crippen LogP contribution >= 0.6 is 0 Å². The number of primary sulfonamides is 1. The Morgan fingerprint density at radius 3 is 2.19 bits per heavy atom. The van der Waals surface area contributed by atoms with Crippen LogP contribution in [-0.2, 0) is 26.1 Å². The second-order valence-electron chi connectivity index (χ2n) is 7.29. The van der Waals surface area contributed by atoms with E-state index >= 15 is 0 Å². The summed E-state index contributed by atoms with van der Waals surface area (Å²) in [6.07, 6.45) is 0. The number of carbonyl (C=O) groups excluding carboxylic acids is 2. The summed E-state index contributed by atoms with van der Waals surface area (Å²) in [5.41, 5.74) is 3.79. The van der Waals surface area contributed by atoms with Crippen molar-refractivity contribution in [2.75, 3.05) is 13.7 Å². The van der Waals surface area contributed by atoms with E-state index in [0.29, 0.717) is 29.1 Å². The number of benzene rings is 2. The molecule has 168 valence electrons. The number of aromatic nitrogens is 1. The maximum absolute atomic E-state index is 12.7. The fraction of sp³-hybridized carbons (Fsp3) is 0.217. The zero-order chi connectivity index (χ0) is 23.5. The highest BCUT2D eigenvalue weighted by atomic mass is 32.2. The summed E-state index contributed by atoms with van der Waals surface area (Å²) in [7, 11) is -2.20. The monoisotopic (exact) mass is 456 g/mol. The molecular weight excluding hydrogens is 432 g/mol. The van der Waals surface area contributed by atoms with Crippen LogP contribution < -0.4 is 5.14 Å².